The fourth-order valence-electron chi connectivity index (χ4n) is 6.94. The predicted molar refractivity (Wildman–Crippen MR) is 229 cm³/mol. The van der Waals surface area contributed by atoms with Gasteiger partial charge in [0, 0.05) is 0 Å². The Kier molecular flexibility index (Phi) is 14.9. The van der Waals surface area contributed by atoms with Crippen LogP contribution < -0.4 is 0 Å². The fraction of sp³-hybridized carbons (Fsp3) is 0.308. The standard InChI is InChI=1S/C21H25.C14H14.C12H14.C5H5.Hf/c1-20(2,3)16-7-9-18-14(12-16)11-15-13-17(21(4,5)6)8-10-19(15)18;1-3-7-13(8-4-1)11-12-14-9-5-2-6-10-14;1-2-6-11(7-3-1)10-12-8-4-5-9-12;1-2-4-5-3-1;/h7-13H,1-6H3;1-10H,11-12H2;1-3,6-7,12H,4-5,8-9H2;1-3H,4H2;/q-1;;;-1;+2. The third-order valence-corrected chi connectivity index (χ3v) is 12.8. The van der Waals surface area contributed by atoms with Crippen LogP contribution in [0.3, 0.4) is 0 Å². The van der Waals surface area contributed by atoms with Gasteiger partial charge in [0.25, 0.3) is 0 Å². The molecule has 1 heteroatoms. The van der Waals surface area contributed by atoms with Crippen LogP contribution in [0.25, 0.3) is 21.5 Å². The number of fused-ring (bicyclic) bond motifs is 3. The van der Waals surface area contributed by atoms with Crippen molar-refractivity contribution in [1.29, 1.82) is 0 Å². The quantitative estimate of drug-likeness (QED) is 0.120. The molecule has 0 bridgehead atoms. The minimum atomic E-state index is 0.203. The Hall–Kier alpha value is -3.81. The van der Waals surface area contributed by atoms with Crippen LogP contribution in [-0.2, 0) is 47.6 Å². The molecule has 0 atom stereocenters. The number of hydrogen-bond acceptors (Lipinski definition) is 0. The van der Waals surface area contributed by atoms with Crippen LogP contribution in [0, 0.1) is 12.0 Å². The Morgan fingerprint density at radius 3 is 1.45 bits per heavy atom. The molecule has 0 heterocycles. The first-order valence-corrected chi connectivity index (χ1v) is 21.4. The van der Waals surface area contributed by atoms with Gasteiger partial charge in [-0.1, -0.05) is 138 Å². The molecule has 1 saturated carbocycles. The molecule has 0 aliphatic heterocycles. The van der Waals surface area contributed by atoms with Crippen molar-refractivity contribution in [3.63, 3.8) is 0 Å². The third-order valence-electron chi connectivity index (χ3n) is 10.3. The number of aryl methyl sites for hydroxylation is 2. The SMILES string of the molecule is CC(C)(C)c1ccc2c(c1)[cH-]c1cc(C(C)(C)C)ccc12.[C-]1=CC=CC1.[Hf+2]=[C](c1ccccc1)C1CCCC1.c1ccc(CCc2ccccc2)cc1. The van der Waals surface area contributed by atoms with Crippen molar-refractivity contribution in [3.8, 4) is 0 Å². The second-order valence-electron chi connectivity index (χ2n) is 16.5. The van der Waals surface area contributed by atoms with Crippen molar-refractivity contribution in [3.05, 3.63) is 186 Å². The first-order chi connectivity index (χ1) is 25.5. The van der Waals surface area contributed by atoms with Crippen molar-refractivity contribution in [1.82, 2.24) is 0 Å². The van der Waals surface area contributed by atoms with Crippen LogP contribution in [0.4, 0.5) is 0 Å². The van der Waals surface area contributed by atoms with Gasteiger partial charge < -0.3 is 0 Å². The Morgan fingerprint density at radius 2 is 1.08 bits per heavy atom. The molecule has 6 aromatic carbocycles. The maximum Gasteiger partial charge on any atom is -0.0238 e. The molecule has 1 fully saturated rings. The summed E-state index contributed by atoms with van der Waals surface area (Å²) in [7, 11) is 0. The van der Waals surface area contributed by atoms with E-state index in [0.717, 1.165) is 25.2 Å². The summed E-state index contributed by atoms with van der Waals surface area (Å²) in [6.45, 7) is 13.6. The van der Waals surface area contributed by atoms with E-state index < -0.39 is 0 Å². The Labute approximate surface area is 335 Å². The van der Waals surface area contributed by atoms with E-state index in [1.807, 2.05) is 12.2 Å². The van der Waals surface area contributed by atoms with Gasteiger partial charge in [0.1, 0.15) is 0 Å². The number of allylic oxidation sites excluding steroid dienone is 4. The third kappa shape index (κ3) is 12.4. The van der Waals surface area contributed by atoms with Gasteiger partial charge >= 0.3 is 94.6 Å². The van der Waals surface area contributed by atoms with E-state index in [9.17, 15) is 0 Å². The molecule has 0 nitrogen and oxygen atoms in total. The molecule has 53 heavy (non-hydrogen) atoms. The summed E-state index contributed by atoms with van der Waals surface area (Å²) >= 11 is 1.24. The van der Waals surface area contributed by atoms with Crippen LogP contribution in [0.2, 0.25) is 0 Å². The van der Waals surface area contributed by atoms with Gasteiger partial charge in [0.05, 0.1) is 0 Å². The van der Waals surface area contributed by atoms with Crippen molar-refractivity contribution < 1.29 is 23.9 Å². The van der Waals surface area contributed by atoms with E-state index in [1.54, 1.807) is 3.26 Å². The first-order valence-electron chi connectivity index (χ1n) is 19.6. The molecule has 0 saturated heterocycles. The Balaban J connectivity index is 0.000000148. The van der Waals surface area contributed by atoms with E-state index >= 15 is 0 Å². The number of rotatable bonds is 5. The van der Waals surface area contributed by atoms with Crippen molar-refractivity contribution >= 4 is 24.8 Å². The molecule has 270 valence electrons. The van der Waals surface area contributed by atoms with Crippen LogP contribution in [0.15, 0.2) is 152 Å². The second kappa shape index (κ2) is 19.5. The molecule has 0 spiro atoms. The zero-order chi connectivity index (χ0) is 37.7. The monoisotopic (exact) mass is 862 g/mol. The van der Waals surface area contributed by atoms with Gasteiger partial charge in [-0.25, -0.2) is 12.2 Å². The van der Waals surface area contributed by atoms with Gasteiger partial charge in [-0.15, -0.1) is 46.2 Å². The number of hydrogen-bond donors (Lipinski definition) is 0. The maximum atomic E-state index is 2.99. The minimum absolute atomic E-state index is 0.203. The largest absolute Gasteiger partial charge is 0.0622 e. The average Bonchev–Trinajstić information content (AvgIpc) is 3.98. The molecule has 6 aromatic rings. The summed E-state index contributed by atoms with van der Waals surface area (Å²) in [6.07, 6.45) is 18.0. The molecule has 0 N–H and O–H groups in total. The van der Waals surface area contributed by atoms with E-state index in [2.05, 4.69) is 187 Å². The van der Waals surface area contributed by atoms with Crippen molar-refractivity contribution in [2.24, 2.45) is 5.92 Å². The maximum absolute atomic E-state index is 2.99. The van der Waals surface area contributed by atoms with Crippen LogP contribution >= 0.6 is 0 Å². The van der Waals surface area contributed by atoms with Crippen molar-refractivity contribution in [2.45, 2.75) is 97.3 Å². The first kappa shape index (κ1) is 40.4. The predicted octanol–water partition coefficient (Wildman–Crippen LogP) is 14.0. The second-order valence-corrected chi connectivity index (χ2v) is 18.4. The van der Waals surface area contributed by atoms with Crippen LogP contribution in [0.5, 0.6) is 0 Å². The van der Waals surface area contributed by atoms with Gasteiger partial charge in [-0.2, -0.15) is 6.08 Å². The van der Waals surface area contributed by atoms with E-state index in [1.165, 1.54) is 98.9 Å². The van der Waals surface area contributed by atoms with Gasteiger partial charge in [0.15, 0.2) is 0 Å². The molecule has 8 rings (SSSR count). The molecular formula is C52H58Hf. The normalized spacial score (nSPS) is 13.9. The van der Waals surface area contributed by atoms with E-state index in [0.29, 0.717) is 0 Å². The Morgan fingerprint density at radius 1 is 0.623 bits per heavy atom. The fourth-order valence-corrected chi connectivity index (χ4v) is 8.58. The summed E-state index contributed by atoms with van der Waals surface area (Å²) in [6, 6.07) is 48.4. The topological polar surface area (TPSA) is 0 Å². The van der Waals surface area contributed by atoms with Gasteiger partial charge in [0.2, 0.25) is 0 Å². The molecule has 0 aromatic heterocycles. The van der Waals surface area contributed by atoms with E-state index in [-0.39, 0.29) is 10.8 Å². The van der Waals surface area contributed by atoms with Crippen molar-refractivity contribution in [2.75, 3.05) is 0 Å². The minimum Gasteiger partial charge on any atom is -0.0622 e. The van der Waals surface area contributed by atoms with Gasteiger partial charge in [-0.3, -0.25) is 6.08 Å². The number of benzene rings is 5. The van der Waals surface area contributed by atoms with Crippen LogP contribution in [-0.4, -0.2) is 3.26 Å². The molecule has 0 amide bonds. The average molecular weight is 862 g/mol. The molecule has 0 radical (unpaired) electrons. The Bertz CT molecular complexity index is 1940. The van der Waals surface area contributed by atoms with Crippen LogP contribution in [0.1, 0.15) is 101 Å². The molecule has 2 aliphatic carbocycles. The van der Waals surface area contributed by atoms with Gasteiger partial charge in [-0.05, 0) is 34.8 Å². The summed E-state index contributed by atoms with van der Waals surface area (Å²) in [4.78, 5) is 0. The summed E-state index contributed by atoms with van der Waals surface area (Å²) < 4.78 is 1.73. The zero-order valence-electron chi connectivity index (χ0n) is 33.0. The molecule has 0 unspecified atom stereocenters. The summed E-state index contributed by atoms with van der Waals surface area (Å²) in [5.41, 5.74) is 7.54. The summed E-state index contributed by atoms with van der Waals surface area (Å²) in [5, 5.41) is 5.48. The van der Waals surface area contributed by atoms with E-state index in [4.69, 9.17) is 0 Å². The molecule has 2 aliphatic rings. The summed E-state index contributed by atoms with van der Waals surface area (Å²) in [5.74, 6) is 0.925. The molecular weight excluding hydrogens is 803 g/mol. The zero-order valence-corrected chi connectivity index (χ0v) is 36.6. The smallest absolute Gasteiger partial charge is 0.0238 e.